The topological polar surface area (TPSA) is 40.5 Å². The predicted octanol–water partition coefficient (Wildman–Crippen LogP) is 0.428. The van der Waals surface area contributed by atoms with Crippen molar-refractivity contribution in [3.63, 3.8) is 0 Å². The molecule has 2 N–H and O–H groups in total. The minimum atomic E-state index is -1.76. The number of hydrogen-bond acceptors (Lipinski definition) is 2. The van der Waals surface area contributed by atoms with E-state index >= 15 is 0 Å². The van der Waals surface area contributed by atoms with Gasteiger partial charge in [-0.1, -0.05) is 12.7 Å². The van der Waals surface area contributed by atoms with Crippen LogP contribution in [0.25, 0.3) is 0 Å². The van der Waals surface area contributed by atoms with Crippen molar-refractivity contribution in [3.05, 3.63) is 24.0 Å². The third-order valence-corrected chi connectivity index (χ3v) is 0.902. The molecular formula is C5H8BFO2. The average Bonchev–Trinajstić information content (AvgIpc) is 1.64. The van der Waals surface area contributed by atoms with E-state index in [9.17, 15) is 4.39 Å². The lowest BCUT2D eigenvalue weighted by atomic mass is 9.79. The van der Waals surface area contributed by atoms with Gasteiger partial charge in [0.15, 0.2) is 0 Å². The van der Waals surface area contributed by atoms with Gasteiger partial charge in [0.2, 0.25) is 0 Å². The fourth-order valence-corrected chi connectivity index (χ4v) is 0.446. The maximum Gasteiger partial charge on any atom is 0.491 e. The highest BCUT2D eigenvalue weighted by Gasteiger charge is 2.15. The first-order chi connectivity index (χ1) is 4.09. The monoisotopic (exact) mass is 130 g/mol. The van der Waals surface area contributed by atoms with E-state index in [1.165, 1.54) is 13.0 Å². The van der Waals surface area contributed by atoms with Gasteiger partial charge in [0, 0.05) is 5.47 Å². The van der Waals surface area contributed by atoms with Crippen LogP contribution in [-0.4, -0.2) is 17.2 Å². The SMILES string of the molecule is C=C(F)/C(=C\C)B(O)O. The summed E-state index contributed by atoms with van der Waals surface area (Å²) in [4.78, 5) is 0. The molecule has 2 nitrogen and oxygen atoms in total. The fraction of sp³-hybridized carbons (Fsp3) is 0.200. The maximum absolute atomic E-state index is 12.0. The van der Waals surface area contributed by atoms with E-state index < -0.39 is 12.9 Å². The molecule has 0 aliphatic carbocycles. The number of hydrogen-bond donors (Lipinski definition) is 2. The van der Waals surface area contributed by atoms with Crippen molar-refractivity contribution in [1.29, 1.82) is 0 Å². The molecule has 0 aromatic rings. The van der Waals surface area contributed by atoms with Crippen molar-refractivity contribution in [2.75, 3.05) is 0 Å². The first-order valence-corrected chi connectivity index (χ1v) is 2.46. The van der Waals surface area contributed by atoms with Gasteiger partial charge in [-0.2, -0.15) is 0 Å². The Labute approximate surface area is 53.5 Å². The van der Waals surface area contributed by atoms with E-state index in [0.717, 1.165) is 0 Å². The number of rotatable bonds is 2. The molecule has 0 radical (unpaired) electrons. The van der Waals surface area contributed by atoms with Gasteiger partial charge >= 0.3 is 7.12 Å². The van der Waals surface area contributed by atoms with Crippen LogP contribution in [0.3, 0.4) is 0 Å². The van der Waals surface area contributed by atoms with Crippen molar-refractivity contribution in [2.45, 2.75) is 6.92 Å². The first kappa shape index (κ1) is 8.39. The Kier molecular flexibility index (Phi) is 3.20. The number of allylic oxidation sites excluding steroid dienone is 3. The van der Waals surface area contributed by atoms with Gasteiger partial charge in [0.25, 0.3) is 0 Å². The molecule has 0 fully saturated rings. The lowest BCUT2D eigenvalue weighted by molar-refractivity contribution is 0.416. The predicted molar refractivity (Wildman–Crippen MR) is 34.2 cm³/mol. The summed E-state index contributed by atoms with van der Waals surface area (Å²) in [5.41, 5.74) is -0.185. The molecule has 0 aromatic carbocycles. The van der Waals surface area contributed by atoms with Crippen LogP contribution in [0.4, 0.5) is 4.39 Å². The van der Waals surface area contributed by atoms with Crippen LogP contribution in [0.1, 0.15) is 6.92 Å². The summed E-state index contributed by atoms with van der Waals surface area (Å²) in [6, 6.07) is 0. The van der Waals surface area contributed by atoms with Crippen LogP contribution in [0.2, 0.25) is 0 Å². The summed E-state index contributed by atoms with van der Waals surface area (Å²) < 4.78 is 12.0. The molecule has 0 saturated heterocycles. The summed E-state index contributed by atoms with van der Waals surface area (Å²) in [7, 11) is -1.76. The van der Waals surface area contributed by atoms with Crippen molar-refractivity contribution < 1.29 is 14.4 Å². The molecule has 0 aliphatic rings. The highest BCUT2D eigenvalue weighted by Crippen LogP contribution is 2.08. The summed E-state index contributed by atoms with van der Waals surface area (Å²) in [5.74, 6) is -0.812. The summed E-state index contributed by atoms with van der Waals surface area (Å²) in [5, 5.41) is 16.7. The molecule has 50 valence electrons. The second-order valence-corrected chi connectivity index (χ2v) is 1.52. The summed E-state index contributed by atoms with van der Waals surface area (Å²) in [6.07, 6.45) is 1.26. The maximum atomic E-state index is 12.0. The second-order valence-electron chi connectivity index (χ2n) is 1.52. The molecule has 9 heavy (non-hydrogen) atoms. The molecule has 4 heteroatoms. The molecule has 0 atom stereocenters. The molecule has 0 heterocycles. The van der Waals surface area contributed by atoms with E-state index in [0.29, 0.717) is 0 Å². The average molecular weight is 130 g/mol. The van der Waals surface area contributed by atoms with Gasteiger partial charge in [0.1, 0.15) is 5.83 Å². The standard InChI is InChI=1S/C5H8BFO2/c1-3-5(4(2)7)6(8)9/h3,8-9H,2H2,1H3/b5-3+. The Morgan fingerprint density at radius 2 is 2.11 bits per heavy atom. The normalized spacial score (nSPS) is 11.3. The van der Waals surface area contributed by atoms with E-state index in [1.807, 2.05) is 0 Å². The zero-order chi connectivity index (χ0) is 7.44. The molecule has 0 spiro atoms. The smallest absolute Gasteiger partial charge is 0.423 e. The largest absolute Gasteiger partial charge is 0.491 e. The lowest BCUT2D eigenvalue weighted by Crippen LogP contribution is -2.15. The molecule has 0 unspecified atom stereocenters. The second kappa shape index (κ2) is 3.43. The van der Waals surface area contributed by atoms with E-state index in [2.05, 4.69) is 6.58 Å². The molecule has 0 aliphatic heterocycles. The van der Waals surface area contributed by atoms with Crippen LogP contribution < -0.4 is 0 Å². The summed E-state index contributed by atoms with van der Waals surface area (Å²) in [6.45, 7) is 4.39. The highest BCUT2D eigenvalue weighted by molar-refractivity contribution is 6.52. The third kappa shape index (κ3) is 2.44. The Hall–Kier alpha value is -0.605. The van der Waals surface area contributed by atoms with Gasteiger partial charge < -0.3 is 10.0 Å². The van der Waals surface area contributed by atoms with Crippen molar-refractivity contribution in [2.24, 2.45) is 0 Å². The first-order valence-electron chi connectivity index (χ1n) is 2.46. The summed E-state index contributed by atoms with van der Waals surface area (Å²) >= 11 is 0. The fourth-order valence-electron chi connectivity index (χ4n) is 0.446. The van der Waals surface area contributed by atoms with E-state index in [4.69, 9.17) is 10.0 Å². The van der Waals surface area contributed by atoms with E-state index in [-0.39, 0.29) is 5.47 Å². The number of halogens is 1. The van der Waals surface area contributed by atoms with Gasteiger partial charge in [-0.05, 0) is 6.92 Å². The van der Waals surface area contributed by atoms with Crippen molar-refractivity contribution in [3.8, 4) is 0 Å². The molecule has 0 rings (SSSR count). The van der Waals surface area contributed by atoms with Crippen LogP contribution in [0.5, 0.6) is 0 Å². The zero-order valence-electron chi connectivity index (χ0n) is 5.13. The van der Waals surface area contributed by atoms with Crippen LogP contribution in [0, 0.1) is 0 Å². The lowest BCUT2D eigenvalue weighted by Gasteiger charge is -1.98. The van der Waals surface area contributed by atoms with Gasteiger partial charge in [-0.15, -0.1) is 0 Å². The zero-order valence-corrected chi connectivity index (χ0v) is 5.13. The Balaban J connectivity index is 4.19. The molecule has 0 saturated carbocycles. The van der Waals surface area contributed by atoms with Crippen LogP contribution in [-0.2, 0) is 0 Å². The molecule has 0 bridgehead atoms. The van der Waals surface area contributed by atoms with Crippen LogP contribution >= 0.6 is 0 Å². The van der Waals surface area contributed by atoms with Gasteiger partial charge in [0.05, 0.1) is 0 Å². The van der Waals surface area contributed by atoms with Gasteiger partial charge in [-0.3, -0.25) is 0 Å². The van der Waals surface area contributed by atoms with Crippen LogP contribution in [0.15, 0.2) is 24.0 Å². The van der Waals surface area contributed by atoms with Crippen molar-refractivity contribution >= 4 is 7.12 Å². The third-order valence-electron chi connectivity index (χ3n) is 0.902. The highest BCUT2D eigenvalue weighted by atomic mass is 19.1. The van der Waals surface area contributed by atoms with E-state index in [1.54, 1.807) is 0 Å². The quantitative estimate of drug-likeness (QED) is 0.420. The molecular weight excluding hydrogens is 122 g/mol. The van der Waals surface area contributed by atoms with Crippen molar-refractivity contribution in [1.82, 2.24) is 0 Å². The Morgan fingerprint density at radius 3 is 2.11 bits per heavy atom. The Morgan fingerprint density at radius 1 is 1.67 bits per heavy atom. The molecule has 0 amide bonds. The molecule has 0 aromatic heterocycles. The Bertz CT molecular complexity index is 142. The minimum Gasteiger partial charge on any atom is -0.423 e. The minimum absolute atomic E-state index is 0.185. The van der Waals surface area contributed by atoms with Gasteiger partial charge in [-0.25, -0.2) is 4.39 Å².